The zero-order chi connectivity index (χ0) is 16.6. The van der Waals surface area contributed by atoms with Crippen LogP contribution in [0.1, 0.15) is 32.8 Å². The number of carbonyl (C=O) groups is 1. The molecule has 1 N–H and O–H groups in total. The summed E-state index contributed by atoms with van der Waals surface area (Å²) in [7, 11) is 0. The number of hydrogen-bond acceptors (Lipinski definition) is 4. The van der Waals surface area contributed by atoms with Crippen LogP contribution in [0.3, 0.4) is 0 Å². The molecule has 0 radical (unpaired) electrons. The van der Waals surface area contributed by atoms with E-state index in [0.29, 0.717) is 12.6 Å². The van der Waals surface area contributed by atoms with Crippen molar-refractivity contribution in [1.82, 2.24) is 9.80 Å². The monoisotopic (exact) mass is 318 g/mol. The van der Waals surface area contributed by atoms with Gasteiger partial charge in [-0.3, -0.25) is 4.90 Å². The summed E-state index contributed by atoms with van der Waals surface area (Å²) in [4.78, 5) is 16.5. The van der Waals surface area contributed by atoms with E-state index >= 15 is 0 Å². The molecule has 1 aromatic rings. The topological polar surface area (TPSA) is 53.0 Å². The van der Waals surface area contributed by atoms with Gasteiger partial charge in [0.1, 0.15) is 5.60 Å². The van der Waals surface area contributed by atoms with Crippen molar-refractivity contribution >= 4 is 6.09 Å². The first kappa shape index (κ1) is 16.3. The molecule has 0 aliphatic carbocycles. The fourth-order valence-corrected chi connectivity index (χ4v) is 3.74. The summed E-state index contributed by atoms with van der Waals surface area (Å²) in [6, 6.07) is 10.6. The van der Waals surface area contributed by atoms with Crippen molar-refractivity contribution in [3.05, 3.63) is 35.9 Å². The van der Waals surface area contributed by atoms with E-state index in [2.05, 4.69) is 17.0 Å². The first-order valence-corrected chi connectivity index (χ1v) is 8.29. The molecule has 5 nitrogen and oxygen atoms in total. The van der Waals surface area contributed by atoms with Crippen LogP contribution in [0.4, 0.5) is 4.79 Å². The Morgan fingerprint density at radius 3 is 2.61 bits per heavy atom. The lowest BCUT2D eigenvalue weighted by Crippen LogP contribution is -2.56. The van der Waals surface area contributed by atoms with Gasteiger partial charge in [-0.25, -0.2) is 4.79 Å². The van der Waals surface area contributed by atoms with Crippen molar-refractivity contribution in [3.8, 4) is 0 Å². The first-order chi connectivity index (χ1) is 10.9. The van der Waals surface area contributed by atoms with E-state index in [0.717, 1.165) is 13.0 Å². The Morgan fingerprint density at radius 1 is 1.30 bits per heavy atom. The van der Waals surface area contributed by atoms with Crippen molar-refractivity contribution in [2.24, 2.45) is 0 Å². The number of aliphatic hydroxyl groups excluding tert-OH is 1. The average Bonchev–Trinajstić information content (AvgIpc) is 3.04. The molecular weight excluding hydrogens is 292 g/mol. The minimum absolute atomic E-state index is 0.0125. The van der Waals surface area contributed by atoms with Gasteiger partial charge in [0.05, 0.1) is 18.7 Å². The molecule has 2 saturated heterocycles. The summed E-state index contributed by atoms with van der Waals surface area (Å²) in [5.74, 6) is 0. The van der Waals surface area contributed by atoms with E-state index in [1.54, 1.807) is 4.90 Å². The van der Waals surface area contributed by atoms with Gasteiger partial charge in [0.25, 0.3) is 0 Å². The minimum Gasteiger partial charge on any atom is -0.444 e. The predicted molar refractivity (Wildman–Crippen MR) is 88.0 cm³/mol. The second kappa shape index (κ2) is 6.13. The molecule has 2 heterocycles. The van der Waals surface area contributed by atoms with Crippen molar-refractivity contribution in [1.29, 1.82) is 0 Å². The largest absolute Gasteiger partial charge is 0.444 e. The number of benzene rings is 1. The number of aliphatic hydroxyl groups is 1. The lowest BCUT2D eigenvalue weighted by molar-refractivity contribution is -0.00831. The molecule has 23 heavy (non-hydrogen) atoms. The molecule has 2 fully saturated rings. The van der Waals surface area contributed by atoms with Gasteiger partial charge >= 0.3 is 6.09 Å². The smallest absolute Gasteiger partial charge is 0.410 e. The lowest BCUT2D eigenvalue weighted by Gasteiger charge is -2.40. The summed E-state index contributed by atoms with van der Waals surface area (Å²) < 4.78 is 5.51. The van der Waals surface area contributed by atoms with E-state index in [1.807, 2.05) is 39.0 Å². The molecule has 3 rings (SSSR count). The van der Waals surface area contributed by atoms with Gasteiger partial charge in [-0.05, 0) is 32.8 Å². The van der Waals surface area contributed by atoms with Gasteiger partial charge in [-0.2, -0.15) is 0 Å². The van der Waals surface area contributed by atoms with Crippen molar-refractivity contribution in [3.63, 3.8) is 0 Å². The first-order valence-electron chi connectivity index (χ1n) is 8.29. The highest BCUT2D eigenvalue weighted by atomic mass is 16.6. The fourth-order valence-electron chi connectivity index (χ4n) is 3.74. The van der Waals surface area contributed by atoms with Gasteiger partial charge in [0, 0.05) is 19.1 Å². The molecule has 2 aliphatic heterocycles. The van der Waals surface area contributed by atoms with Crippen LogP contribution in [0.2, 0.25) is 0 Å². The zero-order valence-electron chi connectivity index (χ0n) is 14.1. The Hall–Kier alpha value is -1.59. The molecule has 0 unspecified atom stereocenters. The maximum Gasteiger partial charge on any atom is 0.410 e. The van der Waals surface area contributed by atoms with E-state index < -0.39 is 5.60 Å². The molecule has 3 atom stereocenters. The molecule has 126 valence electrons. The highest BCUT2D eigenvalue weighted by Crippen LogP contribution is 2.37. The lowest BCUT2D eigenvalue weighted by atomic mass is 10.1. The average molecular weight is 318 g/mol. The summed E-state index contributed by atoms with van der Waals surface area (Å²) in [5.41, 5.74) is 0.750. The summed E-state index contributed by atoms with van der Waals surface area (Å²) in [6.07, 6.45) is 0.653. The van der Waals surface area contributed by atoms with Crippen LogP contribution in [0.25, 0.3) is 0 Å². The van der Waals surface area contributed by atoms with Gasteiger partial charge in [-0.1, -0.05) is 30.3 Å². The predicted octanol–water partition coefficient (Wildman–Crippen LogP) is 2.24. The van der Waals surface area contributed by atoms with E-state index in [-0.39, 0.29) is 24.8 Å². The normalized spacial score (nSPS) is 27.5. The maximum atomic E-state index is 12.4. The molecule has 1 amide bonds. The SMILES string of the molecule is CC(C)(C)OC(=O)N1C[C@H]2C[C@@H]1[C@@H](CO)N2Cc1ccccc1. The number of fused-ring (bicyclic) bond motifs is 2. The van der Waals surface area contributed by atoms with Gasteiger partial charge in [-0.15, -0.1) is 0 Å². The number of amides is 1. The zero-order valence-corrected chi connectivity index (χ0v) is 14.1. The Labute approximate surface area is 137 Å². The molecule has 0 spiro atoms. The number of hydrogen-bond donors (Lipinski definition) is 1. The summed E-state index contributed by atoms with van der Waals surface area (Å²) >= 11 is 0. The third kappa shape index (κ3) is 3.35. The maximum absolute atomic E-state index is 12.4. The van der Waals surface area contributed by atoms with Gasteiger partial charge < -0.3 is 14.7 Å². The Bertz CT molecular complexity index is 555. The number of rotatable bonds is 3. The van der Waals surface area contributed by atoms with Crippen LogP contribution in [-0.4, -0.2) is 57.9 Å². The Morgan fingerprint density at radius 2 is 2.00 bits per heavy atom. The van der Waals surface area contributed by atoms with E-state index in [4.69, 9.17) is 4.74 Å². The molecule has 0 aromatic heterocycles. The summed E-state index contributed by atoms with van der Waals surface area (Å²) in [6.45, 7) is 7.20. The second-order valence-electron chi connectivity index (χ2n) is 7.50. The molecule has 5 heteroatoms. The second-order valence-corrected chi connectivity index (χ2v) is 7.50. The quantitative estimate of drug-likeness (QED) is 0.929. The fraction of sp³-hybridized carbons (Fsp3) is 0.611. The Kier molecular flexibility index (Phi) is 4.34. The third-order valence-electron chi connectivity index (χ3n) is 4.68. The molecule has 2 bridgehead atoms. The van der Waals surface area contributed by atoms with E-state index in [9.17, 15) is 9.90 Å². The number of nitrogens with zero attached hydrogens (tertiary/aromatic N) is 2. The molecule has 1 aromatic carbocycles. The van der Waals surface area contributed by atoms with Gasteiger partial charge in [0.2, 0.25) is 0 Å². The molecule has 2 aliphatic rings. The van der Waals surface area contributed by atoms with Crippen LogP contribution in [-0.2, 0) is 11.3 Å². The number of likely N-dealkylation sites (tertiary alicyclic amines) is 2. The summed E-state index contributed by atoms with van der Waals surface area (Å²) in [5, 5.41) is 9.85. The van der Waals surface area contributed by atoms with Crippen LogP contribution < -0.4 is 0 Å². The van der Waals surface area contributed by atoms with Gasteiger partial charge in [0.15, 0.2) is 0 Å². The van der Waals surface area contributed by atoms with Crippen LogP contribution in [0, 0.1) is 0 Å². The highest BCUT2D eigenvalue weighted by molar-refractivity contribution is 5.69. The van der Waals surface area contributed by atoms with Crippen molar-refractivity contribution < 1.29 is 14.6 Å². The standard InChI is InChI=1S/C18H26N2O3/c1-18(2,3)23-17(22)20-11-14-9-15(20)16(12-21)19(14)10-13-7-5-4-6-8-13/h4-8,14-16,21H,9-12H2,1-3H3/t14-,15-,16-/m1/s1. The molecular formula is C18H26N2O3. The number of carbonyl (C=O) groups excluding carboxylic acids is 1. The van der Waals surface area contributed by atoms with Crippen molar-refractivity contribution in [2.45, 2.75) is 57.5 Å². The van der Waals surface area contributed by atoms with E-state index in [1.165, 1.54) is 5.56 Å². The van der Waals surface area contributed by atoms with Crippen molar-refractivity contribution in [2.75, 3.05) is 13.2 Å². The third-order valence-corrected chi connectivity index (χ3v) is 4.68. The number of piperazine rings is 1. The highest BCUT2D eigenvalue weighted by Gasteiger charge is 2.52. The van der Waals surface area contributed by atoms with Crippen LogP contribution in [0.5, 0.6) is 0 Å². The van der Waals surface area contributed by atoms with Crippen LogP contribution in [0.15, 0.2) is 30.3 Å². The Balaban J connectivity index is 1.70. The van der Waals surface area contributed by atoms with Crippen LogP contribution >= 0.6 is 0 Å². The molecule has 0 saturated carbocycles. The minimum atomic E-state index is -0.489. The number of ether oxygens (including phenoxy) is 1.